The van der Waals surface area contributed by atoms with Crippen LogP contribution < -0.4 is 10.2 Å². The molecule has 35 heavy (non-hydrogen) atoms. The summed E-state index contributed by atoms with van der Waals surface area (Å²) in [6, 6.07) is 6.32. The van der Waals surface area contributed by atoms with Gasteiger partial charge in [-0.05, 0) is 12.1 Å². The number of hydrogen-bond donors (Lipinski definition) is 2. The van der Waals surface area contributed by atoms with Crippen LogP contribution >= 0.6 is 0 Å². The Bertz CT molecular complexity index is 1320. The second-order valence-corrected chi connectivity index (χ2v) is 7.34. The van der Waals surface area contributed by atoms with Crippen molar-refractivity contribution in [2.24, 2.45) is 0 Å². The molecule has 0 radical (unpaired) electrons. The monoisotopic (exact) mass is 487 g/mol. The molecule has 1 atom stereocenters. The molecule has 0 bridgehead atoms. The van der Waals surface area contributed by atoms with Gasteiger partial charge in [0.1, 0.15) is 18.9 Å². The smallest absolute Gasteiger partial charge is 0.356 e. The molecule has 0 saturated heterocycles. The number of nitrogens with zero attached hydrogens (tertiary/aromatic N) is 8. The Morgan fingerprint density at radius 1 is 1.26 bits per heavy atom. The number of aromatic nitrogens is 5. The van der Waals surface area contributed by atoms with E-state index in [0.717, 1.165) is 17.3 Å². The lowest BCUT2D eigenvalue weighted by Gasteiger charge is -2.37. The molecular weight excluding hydrogens is 471 g/mol. The Morgan fingerprint density at radius 2 is 1.97 bits per heavy atom. The summed E-state index contributed by atoms with van der Waals surface area (Å²) < 4.78 is 39.3. The summed E-state index contributed by atoms with van der Waals surface area (Å²) in [5.41, 5.74) is 0.462. The zero-order chi connectivity index (χ0) is 25.3. The van der Waals surface area contributed by atoms with Crippen molar-refractivity contribution in [3.63, 3.8) is 0 Å². The number of nitrogens with one attached hydrogen (secondary N) is 1. The van der Waals surface area contributed by atoms with Gasteiger partial charge in [-0.15, -0.1) is 0 Å². The highest BCUT2D eigenvalue weighted by molar-refractivity contribution is 6.00. The molecule has 15 heteroatoms. The highest BCUT2D eigenvalue weighted by atomic mass is 19.4. The van der Waals surface area contributed by atoms with E-state index in [-0.39, 0.29) is 41.7 Å². The van der Waals surface area contributed by atoms with E-state index in [0.29, 0.717) is 0 Å². The van der Waals surface area contributed by atoms with E-state index in [2.05, 4.69) is 25.3 Å². The van der Waals surface area contributed by atoms with Crippen molar-refractivity contribution < 1.29 is 27.9 Å². The predicted molar refractivity (Wildman–Crippen MR) is 112 cm³/mol. The number of alkyl halides is 3. The van der Waals surface area contributed by atoms with Crippen molar-refractivity contribution in [3.05, 3.63) is 48.4 Å². The number of aliphatic hydroxyl groups is 1. The number of anilines is 2. The fourth-order valence-electron chi connectivity index (χ4n) is 3.37. The molecule has 0 saturated carbocycles. The lowest BCUT2D eigenvalue weighted by molar-refractivity contribution is -0.145. The second kappa shape index (κ2) is 8.99. The summed E-state index contributed by atoms with van der Waals surface area (Å²) >= 11 is 0. The van der Waals surface area contributed by atoms with Gasteiger partial charge in [-0.25, -0.2) is 19.9 Å². The molecule has 0 aliphatic carbocycles. The van der Waals surface area contributed by atoms with Gasteiger partial charge in [0.2, 0.25) is 18.1 Å². The lowest BCUT2D eigenvalue weighted by Crippen LogP contribution is -2.54. The van der Waals surface area contributed by atoms with Crippen LogP contribution in [-0.2, 0) is 17.5 Å². The Morgan fingerprint density at radius 3 is 2.63 bits per heavy atom. The molecule has 1 unspecified atom stereocenters. The van der Waals surface area contributed by atoms with E-state index in [1.807, 2.05) is 0 Å². The summed E-state index contributed by atoms with van der Waals surface area (Å²) in [4.78, 5) is 42.5. The number of nitriles is 1. The lowest BCUT2D eigenvalue weighted by atomic mass is 10.2. The molecule has 1 aliphatic rings. The second-order valence-electron chi connectivity index (χ2n) is 7.34. The average molecular weight is 487 g/mol. The maximum absolute atomic E-state index is 12.8. The number of amides is 2. The van der Waals surface area contributed by atoms with E-state index in [1.165, 1.54) is 41.0 Å². The van der Waals surface area contributed by atoms with Crippen LogP contribution in [-0.4, -0.2) is 66.3 Å². The maximum atomic E-state index is 12.8. The Kier molecular flexibility index (Phi) is 6.05. The number of carbonyl (C=O) groups excluding carboxylic acids is 2. The van der Waals surface area contributed by atoms with Crippen LogP contribution in [0, 0.1) is 11.3 Å². The standard InChI is InChI=1S/C20H16F3N9O3/c1-30-16-15(17(34)32(6-5-24)19(30)35)31(10-27-16)9-14(33)29-13-4-2-3-12(28-13)11-7-25-18(26-8-11)20(21,22)23/h2-4,7-8,10,19,35H,6,9H2,1H3,(H,28,29,33). The third-order valence-electron chi connectivity index (χ3n) is 5.01. The number of rotatable bonds is 5. The molecule has 1 aliphatic heterocycles. The summed E-state index contributed by atoms with van der Waals surface area (Å²) in [6.07, 6.45) is -2.84. The molecule has 180 valence electrons. The zero-order valence-corrected chi connectivity index (χ0v) is 17.9. The number of halogens is 3. The topological polar surface area (TPSA) is 153 Å². The third kappa shape index (κ3) is 4.59. The van der Waals surface area contributed by atoms with Crippen LogP contribution in [0.25, 0.3) is 11.3 Å². The maximum Gasteiger partial charge on any atom is 0.451 e. The van der Waals surface area contributed by atoms with Gasteiger partial charge in [0.05, 0.1) is 18.1 Å². The molecule has 0 fully saturated rings. The fraction of sp³-hybridized carbons (Fsp3) is 0.250. The van der Waals surface area contributed by atoms with Crippen LogP contribution in [0.15, 0.2) is 36.9 Å². The average Bonchev–Trinajstić information content (AvgIpc) is 3.23. The van der Waals surface area contributed by atoms with Gasteiger partial charge in [-0.1, -0.05) is 6.07 Å². The normalized spacial score (nSPS) is 15.5. The minimum Gasteiger partial charge on any atom is -0.356 e. The predicted octanol–water partition coefficient (Wildman–Crippen LogP) is 1.08. The zero-order valence-electron chi connectivity index (χ0n) is 17.9. The SMILES string of the molecule is CN1c2ncn(CC(=O)Nc3cccc(-c4cnc(C(F)(F)F)nc4)n3)c2C(=O)N(CC#N)C1O. The molecular formula is C20H16F3N9O3. The minimum absolute atomic E-state index is 0.0202. The van der Waals surface area contributed by atoms with E-state index in [4.69, 9.17) is 5.26 Å². The van der Waals surface area contributed by atoms with Gasteiger partial charge in [-0.2, -0.15) is 18.4 Å². The molecule has 3 aromatic rings. The first-order chi connectivity index (χ1) is 16.6. The van der Waals surface area contributed by atoms with Gasteiger partial charge < -0.3 is 19.9 Å². The van der Waals surface area contributed by atoms with Crippen LogP contribution in [0.2, 0.25) is 0 Å². The summed E-state index contributed by atoms with van der Waals surface area (Å²) in [6.45, 7) is -0.709. The van der Waals surface area contributed by atoms with E-state index in [1.54, 1.807) is 6.07 Å². The van der Waals surface area contributed by atoms with E-state index >= 15 is 0 Å². The van der Waals surface area contributed by atoms with Crippen LogP contribution in [0.3, 0.4) is 0 Å². The molecule has 12 nitrogen and oxygen atoms in total. The molecule has 4 heterocycles. The van der Waals surface area contributed by atoms with Gasteiger partial charge in [0, 0.05) is 25.0 Å². The number of carbonyl (C=O) groups is 2. The number of fused-ring (bicyclic) bond motifs is 1. The molecule has 2 amide bonds. The van der Waals surface area contributed by atoms with Gasteiger partial charge >= 0.3 is 6.18 Å². The summed E-state index contributed by atoms with van der Waals surface area (Å²) in [7, 11) is 1.48. The Labute approximate surface area is 195 Å². The molecule has 2 N–H and O–H groups in total. The highest BCUT2D eigenvalue weighted by Crippen LogP contribution is 2.28. The first-order valence-electron chi connectivity index (χ1n) is 9.90. The molecule has 0 spiro atoms. The van der Waals surface area contributed by atoms with Gasteiger partial charge in [0.25, 0.3) is 5.91 Å². The van der Waals surface area contributed by atoms with Crippen LogP contribution in [0.1, 0.15) is 16.3 Å². The van der Waals surface area contributed by atoms with Crippen molar-refractivity contribution in [1.82, 2.24) is 29.4 Å². The van der Waals surface area contributed by atoms with Crippen molar-refractivity contribution in [1.29, 1.82) is 5.26 Å². The minimum atomic E-state index is -4.67. The highest BCUT2D eigenvalue weighted by Gasteiger charge is 2.38. The molecule has 0 aromatic carbocycles. The molecule has 4 rings (SSSR count). The van der Waals surface area contributed by atoms with Gasteiger partial charge in [-0.3, -0.25) is 14.5 Å². The first kappa shape index (κ1) is 23.6. The fourth-order valence-corrected chi connectivity index (χ4v) is 3.37. The van der Waals surface area contributed by atoms with Crippen LogP contribution in [0.5, 0.6) is 0 Å². The van der Waals surface area contributed by atoms with E-state index in [9.17, 15) is 27.9 Å². The summed E-state index contributed by atoms with van der Waals surface area (Å²) in [5, 5.41) is 21.7. The number of aliphatic hydroxyl groups excluding tert-OH is 1. The van der Waals surface area contributed by atoms with Crippen molar-refractivity contribution >= 4 is 23.5 Å². The van der Waals surface area contributed by atoms with Crippen molar-refractivity contribution in [2.45, 2.75) is 19.1 Å². The molecule has 3 aromatic heterocycles. The first-order valence-corrected chi connectivity index (χ1v) is 9.90. The van der Waals surface area contributed by atoms with Gasteiger partial charge in [0.15, 0.2) is 11.5 Å². The number of imidazole rings is 1. The van der Waals surface area contributed by atoms with Crippen LogP contribution in [0.4, 0.5) is 24.8 Å². The summed E-state index contributed by atoms with van der Waals surface area (Å²) in [5.74, 6) is -2.28. The Balaban J connectivity index is 1.51. The number of hydrogen-bond acceptors (Lipinski definition) is 9. The quantitative estimate of drug-likeness (QED) is 0.504. The van der Waals surface area contributed by atoms with Crippen molar-refractivity contribution in [3.8, 4) is 17.3 Å². The van der Waals surface area contributed by atoms with E-state index < -0.39 is 30.2 Å². The van der Waals surface area contributed by atoms with Crippen molar-refractivity contribution in [2.75, 3.05) is 23.8 Å². The Hall–Kier alpha value is -4.58. The number of pyridine rings is 1. The third-order valence-corrected chi connectivity index (χ3v) is 5.01. The largest absolute Gasteiger partial charge is 0.451 e.